The van der Waals surface area contributed by atoms with Crippen molar-refractivity contribution in [1.82, 2.24) is 14.9 Å². The molecule has 0 spiro atoms. The van der Waals surface area contributed by atoms with E-state index in [9.17, 15) is 4.79 Å². The highest BCUT2D eigenvalue weighted by Crippen LogP contribution is 2.17. The van der Waals surface area contributed by atoms with Crippen LogP contribution in [0.5, 0.6) is 0 Å². The Hall–Kier alpha value is -0.910. The van der Waals surface area contributed by atoms with Gasteiger partial charge in [-0.1, -0.05) is 35.2 Å². The van der Waals surface area contributed by atoms with Crippen LogP contribution in [0.4, 0.5) is 0 Å². The summed E-state index contributed by atoms with van der Waals surface area (Å²) in [6, 6.07) is 6.35. The molecule has 0 aliphatic heterocycles. The van der Waals surface area contributed by atoms with E-state index in [0.29, 0.717) is 11.4 Å². The van der Waals surface area contributed by atoms with Crippen molar-refractivity contribution in [3.63, 3.8) is 0 Å². The first-order valence-corrected chi connectivity index (χ1v) is 9.34. The molecule has 0 saturated heterocycles. The molecule has 1 saturated carbocycles. The zero-order chi connectivity index (χ0) is 16.2. The molecule has 1 aliphatic rings. The van der Waals surface area contributed by atoms with Crippen LogP contribution in [-0.2, 0) is 6.54 Å². The lowest BCUT2D eigenvalue weighted by Crippen LogP contribution is -2.33. The fraction of sp³-hybridized carbons (Fsp3) is 0.556. The van der Waals surface area contributed by atoms with E-state index in [1.54, 1.807) is 4.57 Å². The van der Waals surface area contributed by atoms with Crippen molar-refractivity contribution in [2.75, 3.05) is 6.54 Å². The summed E-state index contributed by atoms with van der Waals surface area (Å²) in [5, 5.41) is 4.32. The number of rotatable bonds is 5. The van der Waals surface area contributed by atoms with Crippen LogP contribution < -0.4 is 10.9 Å². The van der Waals surface area contributed by atoms with Crippen LogP contribution in [0.3, 0.4) is 0 Å². The summed E-state index contributed by atoms with van der Waals surface area (Å²) >= 11 is 3.43. The Morgan fingerprint density at radius 1 is 1.29 bits per heavy atom. The fourth-order valence-corrected chi connectivity index (χ4v) is 3.78. The topological polar surface area (TPSA) is 46.9 Å². The first-order valence-electron chi connectivity index (χ1n) is 8.55. The molecule has 1 aliphatic carbocycles. The average molecular weight is 415 g/mol. The lowest BCUT2D eigenvalue weighted by Gasteiger charge is -2.23. The van der Waals surface area contributed by atoms with Gasteiger partial charge in [0.2, 0.25) is 0 Å². The van der Waals surface area contributed by atoms with Gasteiger partial charge in [-0.2, -0.15) is 0 Å². The van der Waals surface area contributed by atoms with Crippen molar-refractivity contribution in [3.8, 4) is 0 Å². The zero-order valence-electron chi connectivity index (χ0n) is 14.1. The minimum atomic E-state index is 0. The van der Waals surface area contributed by atoms with Crippen LogP contribution in [0.1, 0.15) is 44.3 Å². The number of nitrogens with zero attached hydrogens (tertiary/aromatic N) is 2. The van der Waals surface area contributed by atoms with Crippen molar-refractivity contribution >= 4 is 39.2 Å². The summed E-state index contributed by atoms with van der Waals surface area (Å²) in [5.41, 5.74) is 0.832. The third-order valence-corrected chi connectivity index (χ3v) is 5.20. The normalized spacial score (nSPS) is 15.4. The third kappa shape index (κ3) is 4.58. The number of hydrogen-bond donors (Lipinski definition) is 1. The summed E-state index contributed by atoms with van der Waals surface area (Å²) in [4.78, 5) is 17.2. The summed E-state index contributed by atoms with van der Waals surface area (Å²) in [6.07, 6.45) is 7.62. The Bertz CT molecular complexity index is 741. The number of fused-ring (bicyclic) bond motifs is 1. The Morgan fingerprint density at radius 3 is 2.79 bits per heavy atom. The number of aromatic nitrogens is 2. The predicted octanol–water partition coefficient (Wildman–Crippen LogP) is 4.20. The molecule has 0 bridgehead atoms. The second-order valence-electron chi connectivity index (χ2n) is 6.42. The summed E-state index contributed by atoms with van der Waals surface area (Å²) in [5.74, 6) is 0.794. The maximum Gasteiger partial charge on any atom is 0.261 e. The Labute approximate surface area is 157 Å². The standard InChI is InChI=1S/C18H24BrN3O.ClH/c1-13-21-17-9-8-14(19)12-16(17)18(23)22(13)11-5-10-20-15-6-3-2-4-7-15;/h8-9,12,15,20H,2-7,10-11H2,1H3;1H. The first-order chi connectivity index (χ1) is 11.1. The molecule has 2 aromatic rings. The number of benzene rings is 1. The maximum atomic E-state index is 12.7. The highest BCUT2D eigenvalue weighted by molar-refractivity contribution is 9.10. The Kier molecular flexibility index (Phi) is 7.26. The largest absolute Gasteiger partial charge is 0.314 e. The molecule has 0 unspecified atom stereocenters. The van der Waals surface area contributed by atoms with Crippen molar-refractivity contribution in [2.24, 2.45) is 0 Å². The van der Waals surface area contributed by atoms with Crippen molar-refractivity contribution in [3.05, 3.63) is 38.9 Å². The third-order valence-electron chi connectivity index (χ3n) is 4.70. The van der Waals surface area contributed by atoms with Gasteiger partial charge in [-0.05, 0) is 50.9 Å². The Morgan fingerprint density at radius 2 is 2.04 bits per heavy atom. The van der Waals surface area contributed by atoms with E-state index in [0.717, 1.165) is 35.3 Å². The minimum absolute atomic E-state index is 0. The van der Waals surface area contributed by atoms with Gasteiger partial charge < -0.3 is 5.32 Å². The van der Waals surface area contributed by atoms with Crippen LogP contribution in [0.15, 0.2) is 27.5 Å². The molecule has 0 atom stereocenters. The molecule has 6 heteroatoms. The van der Waals surface area contributed by atoms with Gasteiger partial charge in [0.05, 0.1) is 10.9 Å². The monoisotopic (exact) mass is 413 g/mol. The molecular weight excluding hydrogens is 390 g/mol. The molecule has 132 valence electrons. The molecule has 1 N–H and O–H groups in total. The lowest BCUT2D eigenvalue weighted by atomic mass is 9.95. The zero-order valence-corrected chi connectivity index (χ0v) is 16.5. The van der Waals surface area contributed by atoms with E-state index in [4.69, 9.17) is 0 Å². The summed E-state index contributed by atoms with van der Waals surface area (Å²) < 4.78 is 2.72. The molecule has 1 heterocycles. The van der Waals surface area contributed by atoms with E-state index in [1.807, 2.05) is 25.1 Å². The average Bonchev–Trinajstić information content (AvgIpc) is 2.56. The SMILES string of the molecule is Cc1nc2ccc(Br)cc2c(=O)n1CCCNC1CCCCC1.Cl. The van der Waals surface area contributed by atoms with Crippen molar-refractivity contribution in [2.45, 2.75) is 58.0 Å². The van der Waals surface area contributed by atoms with E-state index >= 15 is 0 Å². The molecular formula is C18H25BrClN3O. The first kappa shape index (κ1) is 19.4. The van der Waals surface area contributed by atoms with E-state index in [1.165, 1.54) is 32.1 Å². The second-order valence-corrected chi connectivity index (χ2v) is 7.34. The van der Waals surface area contributed by atoms with Crippen LogP contribution in [-0.4, -0.2) is 22.1 Å². The van der Waals surface area contributed by atoms with Gasteiger partial charge in [0, 0.05) is 17.1 Å². The molecule has 1 aromatic heterocycles. The van der Waals surface area contributed by atoms with Gasteiger partial charge >= 0.3 is 0 Å². The molecule has 0 amide bonds. The molecule has 1 fully saturated rings. The lowest BCUT2D eigenvalue weighted by molar-refractivity contribution is 0.368. The van der Waals surface area contributed by atoms with Gasteiger partial charge in [-0.25, -0.2) is 4.98 Å². The quantitative estimate of drug-likeness (QED) is 0.746. The van der Waals surface area contributed by atoms with Crippen molar-refractivity contribution in [1.29, 1.82) is 0 Å². The predicted molar refractivity (Wildman–Crippen MR) is 105 cm³/mol. The van der Waals surface area contributed by atoms with Gasteiger partial charge in [0.25, 0.3) is 5.56 Å². The van der Waals surface area contributed by atoms with Crippen LogP contribution in [0, 0.1) is 6.92 Å². The second kappa shape index (κ2) is 8.97. The van der Waals surface area contributed by atoms with E-state index < -0.39 is 0 Å². The van der Waals surface area contributed by atoms with E-state index in [-0.39, 0.29) is 18.0 Å². The van der Waals surface area contributed by atoms with Gasteiger partial charge in [0.1, 0.15) is 5.82 Å². The number of hydrogen-bond acceptors (Lipinski definition) is 3. The van der Waals surface area contributed by atoms with Crippen LogP contribution in [0.2, 0.25) is 0 Å². The highest BCUT2D eigenvalue weighted by Gasteiger charge is 2.12. The highest BCUT2D eigenvalue weighted by atomic mass is 79.9. The molecule has 4 nitrogen and oxygen atoms in total. The number of nitrogens with one attached hydrogen (secondary N) is 1. The van der Waals surface area contributed by atoms with Crippen LogP contribution in [0.25, 0.3) is 10.9 Å². The van der Waals surface area contributed by atoms with E-state index in [2.05, 4.69) is 26.2 Å². The molecule has 3 rings (SSSR count). The maximum absolute atomic E-state index is 12.7. The summed E-state index contributed by atoms with van der Waals surface area (Å²) in [6.45, 7) is 3.60. The van der Waals surface area contributed by atoms with Crippen LogP contribution >= 0.6 is 28.3 Å². The molecule has 24 heavy (non-hydrogen) atoms. The summed E-state index contributed by atoms with van der Waals surface area (Å²) in [7, 11) is 0. The number of halogens is 2. The molecule has 0 radical (unpaired) electrons. The van der Waals surface area contributed by atoms with Gasteiger partial charge in [-0.3, -0.25) is 9.36 Å². The minimum Gasteiger partial charge on any atom is -0.314 e. The van der Waals surface area contributed by atoms with Crippen molar-refractivity contribution < 1.29 is 0 Å². The van der Waals surface area contributed by atoms with Gasteiger partial charge in [-0.15, -0.1) is 12.4 Å². The fourth-order valence-electron chi connectivity index (χ4n) is 3.42. The van der Waals surface area contributed by atoms with Gasteiger partial charge in [0.15, 0.2) is 0 Å². The molecule has 1 aromatic carbocycles. The number of aryl methyl sites for hydroxylation is 1. The smallest absolute Gasteiger partial charge is 0.261 e. The Balaban J connectivity index is 0.00000208.